The number of methoxy groups -OCH3 is 1. The summed E-state index contributed by atoms with van der Waals surface area (Å²) in [7, 11) is 1.57. The summed E-state index contributed by atoms with van der Waals surface area (Å²) in [5, 5.41) is 4.67. The van der Waals surface area contributed by atoms with Gasteiger partial charge in [0, 0.05) is 20.4 Å². The molecule has 0 saturated heterocycles. The topological polar surface area (TPSA) is 89.1 Å². The van der Waals surface area contributed by atoms with Gasteiger partial charge in [0.15, 0.2) is 6.17 Å². The minimum atomic E-state index is -0.749. The van der Waals surface area contributed by atoms with E-state index in [4.69, 9.17) is 14.2 Å². The van der Waals surface area contributed by atoms with Crippen LogP contribution in [0.4, 0.5) is 5.69 Å². The van der Waals surface area contributed by atoms with E-state index in [0.717, 1.165) is 3.57 Å². The van der Waals surface area contributed by atoms with Crippen LogP contribution in [-0.2, 0) is 0 Å². The predicted molar refractivity (Wildman–Crippen MR) is 145 cm³/mol. The lowest BCUT2D eigenvalue weighted by atomic mass is 10.0. The van der Waals surface area contributed by atoms with E-state index in [1.807, 2.05) is 19.1 Å². The quantitative estimate of drug-likeness (QED) is 0.261. The van der Waals surface area contributed by atoms with Gasteiger partial charge in [-0.15, -0.1) is 0 Å². The predicted octanol–water partition coefficient (Wildman–Crippen LogP) is 5.17. The van der Waals surface area contributed by atoms with Gasteiger partial charge in [-0.25, -0.2) is 5.01 Å². The van der Waals surface area contributed by atoms with Gasteiger partial charge in [0.05, 0.1) is 19.3 Å². The maximum absolute atomic E-state index is 13.7. The Morgan fingerprint density at radius 1 is 1.11 bits per heavy atom. The number of carbonyl (C=O) groups excluding carboxylic acids is 2. The minimum Gasteiger partial charge on any atom is -0.497 e. The zero-order valence-electron chi connectivity index (χ0n) is 19.9. The molecule has 1 atom stereocenters. The normalized spacial score (nSPS) is 14.4. The third-order valence-corrected chi connectivity index (χ3v) is 6.17. The Kier molecular flexibility index (Phi) is 7.99. The lowest BCUT2D eigenvalue weighted by Gasteiger charge is -2.38. The number of fused-ring (bicyclic) bond motifs is 1. The number of nitrogens with one attached hydrogen (secondary N) is 2. The van der Waals surface area contributed by atoms with Gasteiger partial charge in [-0.2, -0.15) is 0 Å². The molecule has 8 nitrogen and oxygen atoms in total. The van der Waals surface area contributed by atoms with Crippen LogP contribution in [0, 0.1) is 3.57 Å². The van der Waals surface area contributed by atoms with E-state index in [9.17, 15) is 9.59 Å². The van der Waals surface area contributed by atoms with Gasteiger partial charge < -0.3 is 19.5 Å². The number of hydrogen-bond acceptors (Lipinski definition) is 6. The molecule has 3 aromatic rings. The number of halogens is 1. The maximum atomic E-state index is 13.7. The first-order valence-corrected chi connectivity index (χ1v) is 12.4. The fraction of sp³-hybridized carbons (Fsp3) is 0.185. The number of rotatable bonds is 9. The minimum absolute atomic E-state index is 0.350. The molecule has 186 valence electrons. The first-order chi connectivity index (χ1) is 17.4. The molecule has 2 amide bonds. The Hall–Kier alpha value is -3.73. The average molecular weight is 599 g/mol. The van der Waals surface area contributed by atoms with Crippen molar-refractivity contribution in [3.63, 3.8) is 0 Å². The van der Waals surface area contributed by atoms with Crippen LogP contribution >= 0.6 is 22.6 Å². The molecule has 1 aliphatic heterocycles. The highest BCUT2D eigenvalue weighted by molar-refractivity contribution is 14.1. The molecule has 0 bridgehead atoms. The molecule has 3 aromatic carbocycles. The number of anilines is 1. The van der Waals surface area contributed by atoms with E-state index in [1.54, 1.807) is 61.7 Å². The average Bonchev–Trinajstić information content (AvgIpc) is 2.90. The summed E-state index contributed by atoms with van der Waals surface area (Å²) in [4.78, 5) is 26.9. The van der Waals surface area contributed by atoms with Gasteiger partial charge >= 0.3 is 0 Å². The van der Waals surface area contributed by atoms with E-state index in [-0.39, 0.29) is 5.91 Å². The van der Waals surface area contributed by atoms with Crippen LogP contribution in [0.5, 0.6) is 17.2 Å². The monoisotopic (exact) mass is 599 g/mol. The molecular formula is C27H26IN3O5. The lowest BCUT2D eigenvalue weighted by molar-refractivity contribution is 0.0487. The van der Waals surface area contributed by atoms with Crippen LogP contribution in [0.15, 0.2) is 73.3 Å². The summed E-state index contributed by atoms with van der Waals surface area (Å²) in [5.41, 5.74) is 4.91. The summed E-state index contributed by atoms with van der Waals surface area (Å²) in [6.07, 6.45) is 0.893. The number of ether oxygens (including phenoxy) is 3. The summed E-state index contributed by atoms with van der Waals surface area (Å²) in [6, 6.07) is 17.6. The van der Waals surface area contributed by atoms with Gasteiger partial charge in [-0.1, -0.05) is 12.7 Å². The Labute approximate surface area is 223 Å². The number of hydrazine groups is 1. The molecule has 9 heteroatoms. The number of hydrogen-bond donors (Lipinski definition) is 2. The van der Waals surface area contributed by atoms with Crippen molar-refractivity contribution in [3.05, 3.63) is 93.6 Å². The Morgan fingerprint density at radius 3 is 2.56 bits per heavy atom. The summed E-state index contributed by atoms with van der Waals surface area (Å²) in [5.74, 6) is 0.983. The molecule has 1 unspecified atom stereocenters. The molecule has 0 radical (unpaired) electrons. The third-order valence-electron chi connectivity index (χ3n) is 5.50. The fourth-order valence-corrected chi connectivity index (χ4v) is 4.29. The molecule has 4 rings (SSSR count). The molecule has 1 heterocycles. The number of amides is 2. The van der Waals surface area contributed by atoms with Crippen LogP contribution in [0.3, 0.4) is 0 Å². The van der Waals surface area contributed by atoms with Crippen molar-refractivity contribution in [3.8, 4) is 17.2 Å². The zero-order chi connectivity index (χ0) is 25.7. The second kappa shape index (κ2) is 11.3. The van der Waals surface area contributed by atoms with Gasteiger partial charge in [-0.05, 0) is 90.2 Å². The van der Waals surface area contributed by atoms with E-state index in [0.29, 0.717) is 52.8 Å². The molecule has 1 aliphatic rings. The first kappa shape index (κ1) is 25.4. The van der Waals surface area contributed by atoms with E-state index in [2.05, 4.69) is 39.9 Å². The summed E-state index contributed by atoms with van der Waals surface area (Å²) in [6.45, 7) is 6.30. The van der Waals surface area contributed by atoms with Gasteiger partial charge in [0.2, 0.25) is 0 Å². The van der Waals surface area contributed by atoms with Crippen molar-refractivity contribution in [1.29, 1.82) is 0 Å². The van der Waals surface area contributed by atoms with Crippen molar-refractivity contribution in [2.24, 2.45) is 0 Å². The van der Waals surface area contributed by atoms with Crippen molar-refractivity contribution >= 4 is 40.1 Å². The highest BCUT2D eigenvalue weighted by atomic mass is 127. The lowest BCUT2D eigenvalue weighted by Crippen LogP contribution is -2.53. The molecule has 36 heavy (non-hydrogen) atoms. The van der Waals surface area contributed by atoms with Crippen LogP contribution in [0.1, 0.15) is 39.4 Å². The third kappa shape index (κ3) is 5.40. The highest BCUT2D eigenvalue weighted by Crippen LogP contribution is 2.38. The molecular weight excluding hydrogens is 573 g/mol. The number of benzene rings is 3. The molecule has 2 N–H and O–H groups in total. The molecule has 0 aromatic heterocycles. The van der Waals surface area contributed by atoms with Crippen LogP contribution in [-0.4, -0.2) is 37.1 Å². The van der Waals surface area contributed by atoms with Gasteiger partial charge in [-0.3, -0.25) is 15.0 Å². The summed E-state index contributed by atoms with van der Waals surface area (Å²) < 4.78 is 17.7. The van der Waals surface area contributed by atoms with Crippen LogP contribution < -0.4 is 25.0 Å². The Morgan fingerprint density at radius 2 is 1.86 bits per heavy atom. The summed E-state index contributed by atoms with van der Waals surface area (Å²) >= 11 is 2.15. The van der Waals surface area contributed by atoms with Crippen LogP contribution in [0.2, 0.25) is 0 Å². The van der Waals surface area contributed by atoms with Gasteiger partial charge in [0.25, 0.3) is 11.8 Å². The van der Waals surface area contributed by atoms with E-state index >= 15 is 0 Å². The second-order valence-corrected chi connectivity index (χ2v) is 9.06. The molecule has 0 aliphatic carbocycles. The first-order valence-electron chi connectivity index (χ1n) is 11.3. The largest absolute Gasteiger partial charge is 0.497 e. The zero-order valence-corrected chi connectivity index (χ0v) is 22.1. The van der Waals surface area contributed by atoms with Crippen molar-refractivity contribution in [2.75, 3.05) is 25.6 Å². The van der Waals surface area contributed by atoms with Crippen LogP contribution in [0.25, 0.3) is 0 Å². The van der Waals surface area contributed by atoms with Crippen molar-refractivity contribution in [1.82, 2.24) is 10.4 Å². The number of nitrogens with zero attached hydrogens (tertiary/aromatic N) is 1. The Bertz CT molecular complexity index is 1280. The maximum Gasteiger partial charge on any atom is 0.276 e. The van der Waals surface area contributed by atoms with E-state index in [1.165, 1.54) is 5.01 Å². The highest BCUT2D eigenvalue weighted by Gasteiger charge is 2.36. The fourth-order valence-electron chi connectivity index (χ4n) is 3.80. The molecule has 0 fully saturated rings. The smallest absolute Gasteiger partial charge is 0.276 e. The van der Waals surface area contributed by atoms with Crippen molar-refractivity contribution in [2.45, 2.75) is 13.1 Å². The van der Waals surface area contributed by atoms with E-state index < -0.39 is 12.1 Å². The Balaban J connectivity index is 1.71. The van der Waals surface area contributed by atoms with Crippen molar-refractivity contribution < 1.29 is 23.8 Å². The standard InChI is InChI=1S/C27H26IN3O5/c1-4-14-36-19-9-6-17(7-10-19)26(32)30-31-25(22-16-20(34-3)11-13-24(22)35-5-2)29-23-12-8-18(28)15-21(23)27(31)33/h4,6-13,15-16,25,29H,1,5,14H2,2-3H3,(H,30,32). The van der Waals surface area contributed by atoms with Gasteiger partial charge in [0.1, 0.15) is 23.9 Å². The number of carbonyl (C=O) groups is 2. The second-order valence-electron chi connectivity index (χ2n) is 7.81. The molecule has 0 spiro atoms. The molecule has 0 saturated carbocycles. The SMILES string of the molecule is C=CCOc1ccc(C(=O)NN2C(=O)c3cc(I)ccc3NC2c2cc(OC)ccc2OCC)cc1.